The van der Waals surface area contributed by atoms with E-state index in [2.05, 4.69) is 9.72 Å². The Morgan fingerprint density at radius 1 is 1.53 bits per heavy atom. The summed E-state index contributed by atoms with van der Waals surface area (Å²) in [6, 6.07) is 1.75. The van der Waals surface area contributed by atoms with Crippen LogP contribution in [0.4, 0.5) is 13.2 Å². The zero-order chi connectivity index (χ0) is 13.1. The number of ether oxygens (including phenoxy) is 1. The van der Waals surface area contributed by atoms with Gasteiger partial charge in [0.2, 0.25) is 0 Å². The van der Waals surface area contributed by atoms with Gasteiger partial charge in [0.1, 0.15) is 9.45 Å². The van der Waals surface area contributed by atoms with E-state index in [0.717, 1.165) is 0 Å². The Hall–Kier alpha value is -0.750. The Morgan fingerprint density at radius 2 is 2.18 bits per heavy atom. The lowest BCUT2D eigenvalue weighted by Crippen LogP contribution is -2.19. The molecule has 1 heterocycles. The molecule has 3 nitrogen and oxygen atoms in total. The molecule has 0 N–H and O–H groups in total. The Bertz CT molecular complexity index is 459. The SMILES string of the molecule is N#CCc1cnc(I)c(CCl)c1OC(F)(F)F. The molecule has 92 valence electrons. The average Bonchev–Trinajstić information content (AvgIpc) is 2.21. The molecule has 0 aliphatic rings. The third-order valence-corrected chi connectivity index (χ3v) is 2.97. The molecular weight excluding hydrogens is 371 g/mol. The lowest BCUT2D eigenvalue weighted by molar-refractivity contribution is -0.275. The predicted molar refractivity (Wildman–Crippen MR) is 62.5 cm³/mol. The Balaban J connectivity index is 3.29. The average molecular weight is 377 g/mol. The van der Waals surface area contributed by atoms with Crippen molar-refractivity contribution in [1.82, 2.24) is 4.98 Å². The molecule has 1 aromatic heterocycles. The standard InChI is InChI=1S/C9H5ClF3IN2O/c10-3-6-7(17-9(11,12)13)5(1-2-15)4-16-8(6)14/h4H,1,3H2. The van der Waals surface area contributed by atoms with Crippen LogP contribution in [-0.2, 0) is 12.3 Å². The van der Waals surface area contributed by atoms with E-state index < -0.39 is 12.1 Å². The fourth-order valence-electron chi connectivity index (χ4n) is 1.13. The van der Waals surface area contributed by atoms with Crippen molar-refractivity contribution >= 4 is 34.2 Å². The van der Waals surface area contributed by atoms with Crippen molar-refractivity contribution in [2.75, 3.05) is 0 Å². The van der Waals surface area contributed by atoms with Crippen LogP contribution in [-0.4, -0.2) is 11.3 Å². The van der Waals surface area contributed by atoms with Crippen LogP contribution >= 0.6 is 34.2 Å². The largest absolute Gasteiger partial charge is 0.573 e. The van der Waals surface area contributed by atoms with E-state index in [1.807, 2.05) is 0 Å². The summed E-state index contributed by atoms with van der Waals surface area (Å²) in [5, 5.41) is 8.53. The van der Waals surface area contributed by atoms with Gasteiger partial charge < -0.3 is 4.74 Å². The van der Waals surface area contributed by atoms with Crippen molar-refractivity contribution in [2.45, 2.75) is 18.7 Å². The fourth-order valence-corrected chi connectivity index (χ4v) is 2.18. The summed E-state index contributed by atoms with van der Waals surface area (Å²) in [4.78, 5) is 3.86. The number of nitrogens with zero attached hydrogens (tertiary/aromatic N) is 2. The van der Waals surface area contributed by atoms with E-state index in [0.29, 0.717) is 3.70 Å². The van der Waals surface area contributed by atoms with Gasteiger partial charge in [-0.3, -0.25) is 0 Å². The van der Waals surface area contributed by atoms with Gasteiger partial charge in [-0.2, -0.15) is 5.26 Å². The first kappa shape index (κ1) is 14.3. The molecule has 0 aliphatic carbocycles. The van der Waals surface area contributed by atoms with Gasteiger partial charge in [-0.15, -0.1) is 24.8 Å². The molecule has 0 spiro atoms. The molecule has 1 rings (SSSR count). The van der Waals surface area contributed by atoms with E-state index in [4.69, 9.17) is 16.9 Å². The number of pyridine rings is 1. The van der Waals surface area contributed by atoms with E-state index in [9.17, 15) is 13.2 Å². The van der Waals surface area contributed by atoms with E-state index in [1.165, 1.54) is 6.20 Å². The number of nitriles is 1. The normalized spacial score (nSPS) is 11.1. The number of halogens is 5. The molecule has 0 saturated carbocycles. The predicted octanol–water partition coefficient (Wildman–Crippen LogP) is 3.39. The van der Waals surface area contributed by atoms with Crippen molar-refractivity contribution in [2.24, 2.45) is 0 Å². The number of rotatable bonds is 3. The molecule has 0 aliphatic heterocycles. The summed E-state index contributed by atoms with van der Waals surface area (Å²) >= 11 is 7.32. The molecule has 0 atom stereocenters. The topological polar surface area (TPSA) is 45.9 Å². The first-order chi connectivity index (χ1) is 7.89. The maximum atomic E-state index is 12.2. The second kappa shape index (κ2) is 5.73. The lowest BCUT2D eigenvalue weighted by atomic mass is 10.1. The molecule has 0 bridgehead atoms. The molecular formula is C9H5ClF3IN2O. The minimum atomic E-state index is -4.82. The third-order valence-electron chi connectivity index (χ3n) is 1.77. The fraction of sp³-hybridized carbons (Fsp3) is 0.333. The summed E-state index contributed by atoms with van der Waals surface area (Å²) in [7, 11) is 0. The third kappa shape index (κ3) is 3.89. The van der Waals surface area contributed by atoms with Gasteiger partial charge in [-0.05, 0) is 22.6 Å². The van der Waals surface area contributed by atoms with E-state index >= 15 is 0 Å². The van der Waals surface area contributed by atoms with Crippen LogP contribution in [0.1, 0.15) is 11.1 Å². The quantitative estimate of drug-likeness (QED) is 0.461. The molecule has 0 aromatic carbocycles. The Kier molecular flexibility index (Phi) is 4.82. The minimum absolute atomic E-state index is 0.0703. The molecule has 17 heavy (non-hydrogen) atoms. The maximum Gasteiger partial charge on any atom is 0.573 e. The van der Waals surface area contributed by atoms with Crippen LogP contribution in [0.25, 0.3) is 0 Å². The van der Waals surface area contributed by atoms with Crippen molar-refractivity contribution in [3.05, 3.63) is 21.0 Å². The molecule has 0 saturated heterocycles. The number of hydrogen-bond acceptors (Lipinski definition) is 3. The number of aromatic nitrogens is 1. The lowest BCUT2D eigenvalue weighted by Gasteiger charge is -2.15. The van der Waals surface area contributed by atoms with Crippen LogP contribution in [0, 0.1) is 15.0 Å². The Morgan fingerprint density at radius 3 is 2.65 bits per heavy atom. The summed E-state index contributed by atoms with van der Waals surface area (Å²) in [6.45, 7) is 0. The smallest absolute Gasteiger partial charge is 0.405 e. The molecule has 8 heteroatoms. The monoisotopic (exact) mass is 376 g/mol. The maximum absolute atomic E-state index is 12.2. The Labute approximate surface area is 114 Å². The summed E-state index contributed by atoms with van der Waals surface area (Å²) in [5.74, 6) is -0.593. The van der Waals surface area contributed by atoms with Crippen molar-refractivity contribution < 1.29 is 17.9 Å². The summed E-state index contributed by atoms with van der Waals surface area (Å²) in [6.07, 6.45) is -3.86. The number of alkyl halides is 4. The van der Waals surface area contributed by atoms with Gasteiger partial charge in [-0.1, -0.05) is 0 Å². The second-order valence-electron chi connectivity index (χ2n) is 2.90. The highest BCUT2D eigenvalue weighted by Gasteiger charge is 2.33. The summed E-state index contributed by atoms with van der Waals surface area (Å²) < 4.78 is 40.9. The second-order valence-corrected chi connectivity index (χ2v) is 4.19. The van der Waals surface area contributed by atoms with Gasteiger partial charge in [0, 0.05) is 17.3 Å². The highest BCUT2D eigenvalue weighted by Crippen LogP contribution is 2.33. The van der Waals surface area contributed by atoms with Crippen molar-refractivity contribution in [3.63, 3.8) is 0 Å². The van der Waals surface area contributed by atoms with Gasteiger partial charge in [-0.25, -0.2) is 4.98 Å². The minimum Gasteiger partial charge on any atom is -0.405 e. The van der Waals surface area contributed by atoms with Crippen LogP contribution in [0.2, 0.25) is 0 Å². The van der Waals surface area contributed by atoms with E-state index in [1.54, 1.807) is 28.7 Å². The highest BCUT2D eigenvalue weighted by atomic mass is 127. The van der Waals surface area contributed by atoms with Gasteiger partial charge >= 0.3 is 6.36 Å². The van der Waals surface area contributed by atoms with Gasteiger partial charge in [0.05, 0.1) is 18.4 Å². The molecule has 0 radical (unpaired) electrons. The first-order valence-corrected chi connectivity index (χ1v) is 5.85. The zero-order valence-corrected chi connectivity index (χ0v) is 11.1. The molecule has 0 amide bonds. The molecule has 0 fully saturated rings. The van der Waals surface area contributed by atoms with E-state index in [-0.39, 0.29) is 23.4 Å². The zero-order valence-electron chi connectivity index (χ0n) is 8.18. The van der Waals surface area contributed by atoms with Gasteiger partial charge in [0.15, 0.2) is 0 Å². The highest BCUT2D eigenvalue weighted by molar-refractivity contribution is 14.1. The summed E-state index contributed by atoms with van der Waals surface area (Å²) in [5.41, 5.74) is 0.207. The van der Waals surface area contributed by atoms with Crippen LogP contribution in [0.15, 0.2) is 6.20 Å². The number of hydrogen-bond donors (Lipinski definition) is 0. The molecule has 0 unspecified atom stereocenters. The van der Waals surface area contributed by atoms with Crippen LogP contribution < -0.4 is 4.74 Å². The first-order valence-electron chi connectivity index (χ1n) is 4.24. The van der Waals surface area contributed by atoms with Crippen molar-refractivity contribution in [1.29, 1.82) is 5.26 Å². The van der Waals surface area contributed by atoms with Crippen LogP contribution in [0.5, 0.6) is 5.75 Å². The van der Waals surface area contributed by atoms with Crippen molar-refractivity contribution in [3.8, 4) is 11.8 Å². The molecule has 1 aromatic rings. The van der Waals surface area contributed by atoms with Crippen LogP contribution in [0.3, 0.4) is 0 Å². The van der Waals surface area contributed by atoms with Gasteiger partial charge in [0.25, 0.3) is 0 Å².